The number of nitrogens with one attached hydrogen (secondary N) is 6. The lowest BCUT2D eigenvalue weighted by atomic mass is 9.92. The largest absolute Gasteiger partial charge is 0.418 e. The molecule has 6 aromatic heterocycles. The molecular weight excluding hydrogens is 1720 g/mol. The minimum atomic E-state index is -5.77. The number of aromatic amines is 6. The predicted molar refractivity (Wildman–Crippen MR) is 384 cm³/mol. The molecule has 12 aromatic rings. The third kappa shape index (κ3) is 14.5. The summed E-state index contributed by atoms with van der Waals surface area (Å²) in [5.41, 5.74) is -35.4. The summed E-state index contributed by atoms with van der Waals surface area (Å²) >= 11 is 80.7. The van der Waals surface area contributed by atoms with Gasteiger partial charge in [-0.1, -0.05) is 176 Å². The van der Waals surface area contributed by atoms with Crippen molar-refractivity contribution in [3.05, 3.63) is 271 Å². The first-order valence-corrected chi connectivity index (χ1v) is 35.4. The van der Waals surface area contributed by atoms with E-state index >= 15 is 79.0 Å². The van der Waals surface area contributed by atoms with Crippen LogP contribution < -0.4 is 0 Å². The lowest BCUT2D eigenvalue weighted by Gasteiger charge is -2.17. The summed E-state index contributed by atoms with van der Waals surface area (Å²) in [5.74, 6) is 0. The topological polar surface area (TPSA) is 94.7 Å². The van der Waals surface area contributed by atoms with Gasteiger partial charge in [-0.3, -0.25) is 0 Å². The van der Waals surface area contributed by atoms with Gasteiger partial charge in [0.2, 0.25) is 0 Å². The lowest BCUT2D eigenvalue weighted by molar-refractivity contribution is -0.138. The Hall–Kier alpha value is -6.78. The third-order valence-corrected chi connectivity index (χ3v) is 21.8. The second-order valence-electron chi connectivity index (χ2n) is 24.6. The Morgan fingerprint density at radius 2 is 0.269 bits per heavy atom. The number of hydrogen-bond donors (Lipinski definition) is 6. The summed E-state index contributed by atoms with van der Waals surface area (Å²) in [7, 11) is 0. The van der Waals surface area contributed by atoms with Crippen LogP contribution >= 0.6 is 139 Å². The lowest BCUT2D eigenvalue weighted by Crippen LogP contribution is -2.12. The van der Waals surface area contributed by atoms with E-state index in [-0.39, 0.29) is 0 Å². The van der Waals surface area contributed by atoms with E-state index < -0.39 is 304 Å². The van der Waals surface area contributed by atoms with Gasteiger partial charge in [0.1, 0.15) is 0 Å². The van der Waals surface area contributed by atoms with E-state index in [4.69, 9.17) is 139 Å². The van der Waals surface area contributed by atoms with Gasteiger partial charge in [0.25, 0.3) is 0 Å². The molecule has 36 heteroatoms. The zero-order chi connectivity index (χ0) is 78.5. The molecule has 0 fully saturated rings. The summed E-state index contributed by atoms with van der Waals surface area (Å²) in [5, 5.41) is -7.37. The van der Waals surface area contributed by atoms with E-state index in [1.165, 1.54) is 0 Å². The van der Waals surface area contributed by atoms with Gasteiger partial charge in [-0.25, -0.2) is 0 Å². The molecule has 7 heterocycles. The minimum Gasteiger partial charge on any atom is -0.361 e. The van der Waals surface area contributed by atoms with Crippen molar-refractivity contribution < 1.29 is 79.0 Å². The van der Waals surface area contributed by atoms with Crippen LogP contribution in [0.15, 0.2) is 109 Å². The summed E-state index contributed by atoms with van der Waals surface area (Å²) in [4.78, 5) is 14.8. The third-order valence-electron chi connectivity index (χ3n) is 18.0. The average Bonchev–Trinajstić information content (AvgIpc) is 1.57. The van der Waals surface area contributed by atoms with Gasteiger partial charge in [0.15, 0.2) is 0 Å². The van der Waals surface area contributed by atoms with Crippen LogP contribution in [0.5, 0.6) is 0 Å². The van der Waals surface area contributed by atoms with E-state index in [2.05, 4.69) is 29.9 Å². The van der Waals surface area contributed by atoms with Gasteiger partial charge in [0, 0.05) is 234 Å². The fourth-order valence-electron chi connectivity index (χ4n) is 14.3. The quantitative estimate of drug-likeness (QED) is 0.0895. The van der Waals surface area contributed by atoms with Crippen LogP contribution in [0.4, 0.5) is 79.0 Å². The van der Waals surface area contributed by atoms with Crippen molar-refractivity contribution in [1.29, 1.82) is 0 Å². The number of hydrogen-bond acceptors (Lipinski definition) is 0. The maximum Gasteiger partial charge on any atom is 0.418 e. The molecule has 564 valence electrons. The number of benzene rings is 6. The molecule has 0 radical (unpaired) electrons. The molecule has 108 heavy (non-hydrogen) atoms. The number of rotatable bonds is 6. The molecule has 0 saturated heterocycles. The van der Waals surface area contributed by atoms with Crippen molar-refractivity contribution in [3.63, 3.8) is 0 Å². The average molecular weight is 1750 g/mol. The van der Waals surface area contributed by atoms with E-state index in [0.29, 0.717) is 0 Å². The molecule has 0 spiro atoms. The molecule has 1 aliphatic rings. The minimum absolute atomic E-state index is 0.614. The number of halogens is 30. The van der Waals surface area contributed by atoms with Crippen molar-refractivity contribution in [1.82, 2.24) is 29.9 Å². The van der Waals surface area contributed by atoms with Crippen molar-refractivity contribution in [2.45, 2.75) is 75.6 Å². The first-order valence-electron chi connectivity index (χ1n) is 30.9. The Morgan fingerprint density at radius 1 is 0.167 bits per heavy atom. The van der Waals surface area contributed by atoms with Gasteiger partial charge >= 0.3 is 37.1 Å². The number of aromatic nitrogens is 6. The molecule has 0 saturated carbocycles. The fraction of sp³-hybridized carbons (Fsp3) is 0.167. The van der Waals surface area contributed by atoms with E-state index in [9.17, 15) is 0 Å². The number of H-pyrrole nitrogens is 6. The van der Waals surface area contributed by atoms with Gasteiger partial charge in [0.05, 0.1) is 33.4 Å². The molecule has 0 atom stereocenters. The molecule has 13 rings (SSSR count). The van der Waals surface area contributed by atoms with Crippen LogP contribution in [0.3, 0.4) is 0 Å². The molecule has 6 N–H and O–H groups in total. The van der Waals surface area contributed by atoms with Crippen LogP contribution in [-0.2, 0) is 75.6 Å². The smallest absolute Gasteiger partial charge is 0.361 e. The first-order chi connectivity index (χ1) is 50.4. The normalized spacial score (nSPS) is 13.6. The molecule has 6 nitrogen and oxygen atoms in total. The summed E-state index contributed by atoms with van der Waals surface area (Å²) in [6, 6.07) is 19.3. The van der Waals surface area contributed by atoms with E-state index in [1.807, 2.05) is 0 Å². The second-order valence-corrected chi connectivity index (χ2v) is 29.5. The first kappa shape index (κ1) is 79.3. The molecule has 6 aromatic carbocycles. The number of alkyl halides is 18. The predicted octanol–water partition coefficient (Wildman–Crippen LogP) is 29.5. The van der Waals surface area contributed by atoms with Crippen molar-refractivity contribution >= 4 is 139 Å². The Labute approximate surface area is 656 Å². The molecule has 0 aliphatic carbocycles. The molecular formula is C72H36Cl12F18N6. The maximum absolute atomic E-state index is 16.8. The van der Waals surface area contributed by atoms with Crippen LogP contribution in [-0.4, -0.2) is 29.9 Å². The summed E-state index contributed by atoms with van der Waals surface area (Å²) in [6.45, 7) is 0. The second kappa shape index (κ2) is 28.8. The van der Waals surface area contributed by atoms with Crippen LogP contribution in [0.2, 0.25) is 60.3 Å². The van der Waals surface area contributed by atoms with Gasteiger partial charge in [-0.15, -0.1) is 0 Å². The molecule has 0 unspecified atom stereocenters. The highest BCUT2D eigenvalue weighted by atomic mass is 35.5. The Morgan fingerprint density at radius 3 is 0.361 bits per heavy atom. The zero-order valence-electron chi connectivity index (χ0n) is 53.0. The standard InChI is InChI=1S/C72H36Cl12F18N6/c73-25-7-1-8-26(74)49(25)55-37-19-44-62(68(88,89)90)57(51-29(77)11-3-12-30(51)78)39(104-44)21-46-64(70(94,95)96)59(53-33(81)15-5-16-34(53)82)41(106-46)23-48-66(72(100,101)102)60(54-35(83)17-6-18-36(54)84)42(108-48)24-47-65(71(97,98)99)58(52-31(79)13-4-14-32(52)80)40(107-47)22-45-63(69(91,92)93)56(50-27(75)9-2-10-28(50)76)38(105-45)20-43(103-37)61(55)67(85,86)87/h1-18,103-108H,19-24H2. The van der Waals surface area contributed by atoms with Gasteiger partial charge in [-0.05, 0) is 72.8 Å². The fourth-order valence-corrected chi connectivity index (χ4v) is 17.8. The highest BCUT2D eigenvalue weighted by Crippen LogP contribution is 2.58. The number of fused-ring (bicyclic) bond motifs is 12. The van der Waals surface area contributed by atoms with Crippen molar-refractivity contribution in [3.8, 4) is 66.8 Å². The Bertz CT molecular complexity index is 4620. The Kier molecular flexibility index (Phi) is 21.1. The summed E-state index contributed by atoms with van der Waals surface area (Å²) in [6.07, 6.45) is -43.5. The van der Waals surface area contributed by atoms with Crippen LogP contribution in [0.25, 0.3) is 66.8 Å². The highest BCUT2D eigenvalue weighted by molar-refractivity contribution is 6.43. The van der Waals surface area contributed by atoms with E-state index in [1.54, 1.807) is 0 Å². The SMILES string of the molecule is FC(F)(F)c1c2[nH]c(c1-c1c(Cl)cccc1Cl)Cc1[nH]c(c(-c3c(Cl)cccc3Cl)c1C(F)(F)F)Cc1[nH]c(c(-c3c(Cl)cccc3Cl)c1C(F)(F)F)Cc1[nH]c(c(-c3c(Cl)cccc3Cl)c1C(F)(F)F)Cc1[nH]c(c(-c3c(Cl)cccc3Cl)c1C(F)(F)F)Cc1[nH]c(c(-c3c(Cl)cccc3Cl)c1C(F)(F)F)C2. The highest BCUT2D eigenvalue weighted by Gasteiger charge is 2.50. The zero-order valence-corrected chi connectivity index (χ0v) is 62.0. The maximum atomic E-state index is 16.8. The molecule has 12 bridgehead atoms. The van der Waals surface area contributed by atoms with Crippen molar-refractivity contribution in [2.24, 2.45) is 0 Å². The van der Waals surface area contributed by atoms with Crippen LogP contribution in [0, 0.1) is 0 Å². The Balaban J connectivity index is 1.24. The molecule has 0 amide bonds. The summed E-state index contributed by atoms with van der Waals surface area (Å²) < 4.78 is 302. The van der Waals surface area contributed by atoms with E-state index in [0.717, 1.165) is 109 Å². The van der Waals surface area contributed by atoms with Crippen molar-refractivity contribution in [2.75, 3.05) is 0 Å². The molecule has 1 aliphatic heterocycles. The van der Waals surface area contributed by atoms with Crippen LogP contribution in [0.1, 0.15) is 102 Å². The monoisotopic (exact) mass is 1750 g/mol. The van der Waals surface area contributed by atoms with Gasteiger partial charge in [-0.2, -0.15) is 79.0 Å². The van der Waals surface area contributed by atoms with Gasteiger partial charge < -0.3 is 29.9 Å².